The van der Waals surface area contributed by atoms with Crippen LogP contribution in [0.25, 0.3) is 0 Å². The lowest BCUT2D eigenvalue weighted by atomic mass is 10.1. The maximum Gasteiger partial charge on any atom is 0.264 e. The van der Waals surface area contributed by atoms with Gasteiger partial charge in [0.05, 0.1) is 24.3 Å². The van der Waals surface area contributed by atoms with Gasteiger partial charge in [0.1, 0.15) is 5.76 Å². The summed E-state index contributed by atoms with van der Waals surface area (Å²) in [5.74, 6) is 8.26. The number of rotatable bonds is 8. The number of thioether (sulfide) groups is 1. The zero-order valence-electron chi connectivity index (χ0n) is 16.0. The van der Waals surface area contributed by atoms with Crippen molar-refractivity contribution in [3.63, 3.8) is 0 Å². The molecule has 0 unspecified atom stereocenters. The molecule has 156 valence electrons. The number of nitrogens with two attached hydrogens (primary N) is 1. The van der Waals surface area contributed by atoms with Gasteiger partial charge in [0.15, 0.2) is 11.5 Å². The Hall–Kier alpha value is -3.67. The van der Waals surface area contributed by atoms with Crippen LogP contribution in [0.15, 0.2) is 51.3 Å². The Bertz CT molecular complexity index is 1060. The third kappa shape index (κ3) is 4.49. The van der Waals surface area contributed by atoms with Crippen LogP contribution in [0.1, 0.15) is 18.2 Å². The van der Waals surface area contributed by atoms with E-state index in [1.54, 1.807) is 18.4 Å². The Kier molecular flexibility index (Phi) is 5.75. The number of carbonyl (C=O) groups is 1. The molecule has 0 aliphatic carbocycles. The average molecular weight is 429 g/mol. The first-order valence-corrected chi connectivity index (χ1v) is 9.91. The van der Waals surface area contributed by atoms with E-state index in [2.05, 4.69) is 26.0 Å². The molecule has 11 nitrogen and oxygen atoms in total. The molecule has 30 heavy (non-hydrogen) atoms. The molecular weight excluding hydrogens is 410 g/mol. The van der Waals surface area contributed by atoms with Crippen LogP contribution in [0.4, 0.5) is 5.95 Å². The fourth-order valence-electron chi connectivity index (χ4n) is 2.55. The molecule has 1 aliphatic heterocycles. The van der Waals surface area contributed by atoms with Crippen LogP contribution < -0.4 is 26.1 Å². The number of carbonyl (C=O) groups excluding carboxylic acids is 1. The van der Waals surface area contributed by atoms with E-state index in [-0.39, 0.29) is 24.4 Å². The Morgan fingerprint density at radius 1 is 1.30 bits per heavy atom. The number of nitrogens with zero attached hydrogens (tertiary/aromatic N) is 4. The number of benzene rings is 1. The van der Waals surface area contributed by atoms with Crippen molar-refractivity contribution < 1.29 is 18.7 Å². The molecule has 0 bridgehead atoms. The maximum atomic E-state index is 12.0. The Balaban J connectivity index is 1.31. The van der Waals surface area contributed by atoms with Crippen molar-refractivity contribution in [1.82, 2.24) is 20.2 Å². The molecule has 0 saturated heterocycles. The number of hydrazone groups is 1. The van der Waals surface area contributed by atoms with Crippen LogP contribution in [-0.4, -0.2) is 39.0 Å². The summed E-state index contributed by atoms with van der Waals surface area (Å²) < 4.78 is 17.1. The van der Waals surface area contributed by atoms with Crippen molar-refractivity contribution in [2.24, 2.45) is 5.10 Å². The molecule has 0 spiro atoms. The largest absolute Gasteiger partial charge is 0.467 e. The van der Waals surface area contributed by atoms with Gasteiger partial charge in [-0.05, 0) is 37.3 Å². The molecule has 0 radical (unpaired) electrons. The first kappa shape index (κ1) is 19.6. The number of nitrogens with one attached hydrogen (secondary N) is 2. The van der Waals surface area contributed by atoms with Crippen LogP contribution in [0.3, 0.4) is 0 Å². The summed E-state index contributed by atoms with van der Waals surface area (Å²) in [4.78, 5) is 12.0. The van der Waals surface area contributed by atoms with Gasteiger partial charge in [-0.1, -0.05) is 11.8 Å². The van der Waals surface area contributed by atoms with Crippen molar-refractivity contribution in [2.75, 3.05) is 23.8 Å². The quantitative estimate of drug-likeness (QED) is 0.210. The van der Waals surface area contributed by atoms with Crippen molar-refractivity contribution in [3.8, 4) is 11.5 Å². The molecule has 3 heterocycles. The summed E-state index contributed by atoms with van der Waals surface area (Å²) in [6.45, 7) is 2.37. The number of fused-ring (bicyclic) bond motifs is 1. The highest BCUT2D eigenvalue weighted by Crippen LogP contribution is 2.32. The normalized spacial score (nSPS) is 12.8. The fraction of sp³-hybridized carbons (Fsp3) is 0.222. The number of furan rings is 1. The van der Waals surface area contributed by atoms with Gasteiger partial charge in [-0.3, -0.25) is 4.79 Å². The SMILES string of the molecule is C/C(=N\Nc1nnc(SCC(=O)NCc2ccco2)n1N)c1ccc2c(c1)OCO2. The summed E-state index contributed by atoms with van der Waals surface area (Å²) in [6.07, 6.45) is 1.55. The highest BCUT2D eigenvalue weighted by atomic mass is 32.2. The molecule has 1 amide bonds. The molecule has 2 aromatic heterocycles. The van der Waals surface area contributed by atoms with E-state index in [4.69, 9.17) is 19.7 Å². The minimum absolute atomic E-state index is 0.134. The van der Waals surface area contributed by atoms with E-state index < -0.39 is 0 Å². The smallest absolute Gasteiger partial charge is 0.264 e. The molecule has 4 rings (SSSR count). The number of hydrogen-bond acceptors (Lipinski definition) is 10. The van der Waals surface area contributed by atoms with Gasteiger partial charge in [-0.25, -0.2) is 10.1 Å². The fourth-order valence-corrected chi connectivity index (χ4v) is 3.24. The third-order valence-electron chi connectivity index (χ3n) is 4.15. The standard InChI is InChI=1S/C18H19N7O4S/c1-11(12-4-5-14-15(7-12)29-10-28-14)21-22-17-23-24-18(25(17)19)30-9-16(26)20-8-13-3-2-6-27-13/h2-7H,8-10,19H2,1H3,(H,20,26)(H,22,23)/b21-11+. The number of nitrogen functional groups attached to an aromatic ring is 1. The Morgan fingerprint density at radius 2 is 2.17 bits per heavy atom. The number of ether oxygens (including phenoxy) is 2. The van der Waals surface area contributed by atoms with Crippen molar-refractivity contribution in [3.05, 3.63) is 47.9 Å². The van der Waals surface area contributed by atoms with E-state index in [9.17, 15) is 4.79 Å². The van der Waals surface area contributed by atoms with Crippen LogP contribution in [0.2, 0.25) is 0 Å². The monoisotopic (exact) mass is 429 g/mol. The lowest BCUT2D eigenvalue weighted by Gasteiger charge is -2.05. The lowest BCUT2D eigenvalue weighted by Crippen LogP contribution is -2.24. The summed E-state index contributed by atoms with van der Waals surface area (Å²) in [5, 5.41) is 15.4. The van der Waals surface area contributed by atoms with E-state index >= 15 is 0 Å². The molecule has 1 aliphatic rings. The van der Waals surface area contributed by atoms with Gasteiger partial charge in [0.2, 0.25) is 17.9 Å². The minimum atomic E-state index is -0.175. The molecule has 0 fully saturated rings. The summed E-state index contributed by atoms with van der Waals surface area (Å²) in [5.41, 5.74) is 4.34. The van der Waals surface area contributed by atoms with Crippen LogP contribution in [0, 0.1) is 0 Å². The molecule has 4 N–H and O–H groups in total. The van der Waals surface area contributed by atoms with Gasteiger partial charge in [-0.2, -0.15) is 5.10 Å². The zero-order valence-corrected chi connectivity index (χ0v) is 16.8. The number of hydrogen-bond donors (Lipinski definition) is 3. The number of aromatic nitrogens is 3. The summed E-state index contributed by atoms with van der Waals surface area (Å²) >= 11 is 1.16. The highest BCUT2D eigenvalue weighted by Gasteiger charge is 2.15. The summed E-state index contributed by atoms with van der Waals surface area (Å²) in [6, 6.07) is 9.10. The van der Waals surface area contributed by atoms with Crippen LogP contribution in [0.5, 0.6) is 11.5 Å². The zero-order chi connectivity index (χ0) is 20.9. The first-order chi connectivity index (χ1) is 14.6. The minimum Gasteiger partial charge on any atom is -0.467 e. The van der Waals surface area contributed by atoms with Gasteiger partial charge in [0, 0.05) is 5.56 Å². The number of anilines is 1. The average Bonchev–Trinajstić information content (AvgIpc) is 3.50. The second kappa shape index (κ2) is 8.78. The van der Waals surface area contributed by atoms with Crippen molar-refractivity contribution in [1.29, 1.82) is 0 Å². The molecule has 0 atom stereocenters. The molecule has 0 saturated carbocycles. The third-order valence-corrected chi connectivity index (χ3v) is 5.09. The second-order valence-electron chi connectivity index (χ2n) is 6.20. The predicted octanol–water partition coefficient (Wildman–Crippen LogP) is 1.56. The Morgan fingerprint density at radius 3 is 3.00 bits per heavy atom. The van der Waals surface area contributed by atoms with E-state index in [0.717, 1.165) is 17.3 Å². The van der Waals surface area contributed by atoms with E-state index in [1.165, 1.54) is 4.68 Å². The highest BCUT2D eigenvalue weighted by molar-refractivity contribution is 7.99. The van der Waals surface area contributed by atoms with Gasteiger partial charge >= 0.3 is 0 Å². The van der Waals surface area contributed by atoms with Crippen molar-refractivity contribution in [2.45, 2.75) is 18.6 Å². The number of amides is 1. The van der Waals surface area contributed by atoms with Gasteiger partial charge < -0.3 is 25.1 Å². The van der Waals surface area contributed by atoms with E-state index in [0.29, 0.717) is 34.7 Å². The molecule has 1 aromatic carbocycles. The molecular formula is C18H19N7O4S. The molecule has 3 aromatic rings. The Labute approximate surface area is 175 Å². The predicted molar refractivity (Wildman–Crippen MR) is 110 cm³/mol. The van der Waals surface area contributed by atoms with E-state index in [1.807, 2.05) is 25.1 Å². The summed E-state index contributed by atoms with van der Waals surface area (Å²) in [7, 11) is 0. The van der Waals surface area contributed by atoms with Gasteiger partial charge in [0.25, 0.3) is 5.95 Å². The second-order valence-corrected chi connectivity index (χ2v) is 7.14. The van der Waals surface area contributed by atoms with Gasteiger partial charge in [-0.15, -0.1) is 10.2 Å². The lowest BCUT2D eigenvalue weighted by molar-refractivity contribution is -0.118. The topological polar surface area (TPSA) is 142 Å². The van der Waals surface area contributed by atoms with Crippen LogP contribution in [-0.2, 0) is 11.3 Å². The first-order valence-electron chi connectivity index (χ1n) is 8.93. The van der Waals surface area contributed by atoms with Crippen LogP contribution >= 0.6 is 11.8 Å². The molecule has 12 heteroatoms. The maximum absolute atomic E-state index is 12.0. The van der Waals surface area contributed by atoms with Crippen molar-refractivity contribution >= 4 is 29.3 Å².